The molecule has 45 heavy (non-hydrogen) atoms. The fourth-order valence-electron chi connectivity index (χ4n) is 5.48. The fourth-order valence-corrected chi connectivity index (χ4v) is 5.48. The normalized spacial score (nSPS) is 18.2. The van der Waals surface area contributed by atoms with E-state index in [9.17, 15) is 19.5 Å². The summed E-state index contributed by atoms with van der Waals surface area (Å²) in [6.45, 7) is 12.5. The Bertz CT molecular complexity index is 1380. The Hall–Kier alpha value is -4.51. The molecule has 0 radical (unpaired) electrons. The summed E-state index contributed by atoms with van der Waals surface area (Å²) in [6.07, 6.45) is 5.30. The van der Waals surface area contributed by atoms with E-state index < -0.39 is 24.2 Å². The maximum atomic E-state index is 13.6. The standard InChI is InChI=1S/C34H44N6O5/c1-5-11-30(41)40(26-16-12-24(6-2)13-17-26)29-23-35-33(38(7-3)8-4)37-31(29)36-28(32(42)43)22-25-14-18-27(19-15-25)45-34(44)39-20-9-10-21-39/h6,12-19,23,28-29,31,36H,2,5,7-11,20-22H2,1,3-4H3,(H,42,43)/t28-,29?,31?/m0/s1. The molecule has 0 bridgehead atoms. The van der Waals surface area contributed by atoms with Gasteiger partial charge in [0.15, 0.2) is 0 Å². The van der Waals surface area contributed by atoms with Gasteiger partial charge in [-0.25, -0.2) is 14.8 Å². The quantitative estimate of drug-likeness (QED) is 0.330. The summed E-state index contributed by atoms with van der Waals surface area (Å²) in [5, 5.41) is 13.5. The number of anilines is 1. The number of carboxylic acid groups (broad SMARTS) is 1. The number of likely N-dealkylation sites (tertiary alicyclic amines) is 1. The minimum absolute atomic E-state index is 0.112. The summed E-state index contributed by atoms with van der Waals surface area (Å²) in [5.41, 5.74) is 2.32. The number of guanidine groups is 1. The number of carbonyl (C=O) groups is 3. The molecule has 2 aromatic rings. The summed E-state index contributed by atoms with van der Waals surface area (Å²) >= 11 is 0. The first-order chi connectivity index (χ1) is 21.8. The molecule has 0 aliphatic carbocycles. The fraction of sp³-hybridized carbons (Fsp3) is 0.441. The Morgan fingerprint density at radius 2 is 1.73 bits per heavy atom. The highest BCUT2D eigenvalue weighted by Gasteiger charge is 2.36. The van der Waals surface area contributed by atoms with Crippen LogP contribution in [0.2, 0.25) is 0 Å². The SMILES string of the molecule is C=Cc1ccc(N(C(=O)CCC)C2C=NC(N(CC)CC)=NC2N[C@@H](Cc2ccc(OC(=O)N3CCCC3)cc2)C(=O)O)cc1. The van der Waals surface area contributed by atoms with Crippen molar-refractivity contribution in [3.8, 4) is 5.75 Å². The van der Waals surface area contributed by atoms with Crippen molar-refractivity contribution < 1.29 is 24.2 Å². The van der Waals surface area contributed by atoms with Crippen molar-refractivity contribution in [2.75, 3.05) is 31.1 Å². The third kappa shape index (κ3) is 8.57. The maximum absolute atomic E-state index is 13.6. The molecule has 2 heterocycles. The van der Waals surface area contributed by atoms with Gasteiger partial charge in [0.2, 0.25) is 11.9 Å². The van der Waals surface area contributed by atoms with Crippen molar-refractivity contribution >= 4 is 41.9 Å². The van der Waals surface area contributed by atoms with Gasteiger partial charge in [-0.05, 0) is 74.9 Å². The van der Waals surface area contributed by atoms with E-state index in [1.54, 1.807) is 46.4 Å². The van der Waals surface area contributed by atoms with Gasteiger partial charge in [-0.2, -0.15) is 0 Å². The van der Waals surface area contributed by atoms with Crippen LogP contribution in [0.5, 0.6) is 5.75 Å². The first kappa shape index (κ1) is 33.4. The largest absolute Gasteiger partial charge is 0.480 e. The number of ether oxygens (including phenoxy) is 1. The van der Waals surface area contributed by atoms with Gasteiger partial charge in [-0.15, -0.1) is 0 Å². The molecule has 11 nitrogen and oxygen atoms in total. The van der Waals surface area contributed by atoms with Crippen LogP contribution in [0.15, 0.2) is 65.1 Å². The molecule has 2 aliphatic heterocycles. The van der Waals surface area contributed by atoms with Crippen molar-refractivity contribution in [1.29, 1.82) is 0 Å². The van der Waals surface area contributed by atoms with Gasteiger partial charge in [0.25, 0.3) is 0 Å². The van der Waals surface area contributed by atoms with Crippen molar-refractivity contribution in [2.24, 2.45) is 9.98 Å². The molecule has 2 aromatic carbocycles. The number of rotatable bonds is 13. The lowest BCUT2D eigenvalue weighted by molar-refractivity contribution is -0.139. The number of hydrogen-bond donors (Lipinski definition) is 2. The molecule has 0 aromatic heterocycles. The second-order valence-corrected chi connectivity index (χ2v) is 11.1. The minimum Gasteiger partial charge on any atom is -0.480 e. The van der Waals surface area contributed by atoms with Gasteiger partial charge < -0.3 is 24.5 Å². The number of benzene rings is 2. The molecule has 2 amide bonds. The second kappa shape index (κ2) is 16.0. The van der Waals surface area contributed by atoms with Gasteiger partial charge in [0, 0.05) is 44.5 Å². The van der Waals surface area contributed by atoms with Crippen LogP contribution < -0.4 is 15.0 Å². The Morgan fingerprint density at radius 1 is 1.07 bits per heavy atom. The van der Waals surface area contributed by atoms with Gasteiger partial charge in [-0.3, -0.25) is 14.9 Å². The van der Waals surface area contributed by atoms with Crippen LogP contribution in [-0.4, -0.2) is 89.5 Å². The maximum Gasteiger partial charge on any atom is 0.415 e. The van der Waals surface area contributed by atoms with Gasteiger partial charge in [0.1, 0.15) is 24.0 Å². The van der Waals surface area contributed by atoms with Gasteiger partial charge in [0.05, 0.1) is 0 Å². The zero-order chi connectivity index (χ0) is 32.3. The third-order valence-electron chi connectivity index (χ3n) is 8.01. The van der Waals surface area contributed by atoms with Gasteiger partial charge in [-0.1, -0.05) is 43.8 Å². The summed E-state index contributed by atoms with van der Waals surface area (Å²) in [4.78, 5) is 53.4. The average molecular weight is 617 g/mol. The van der Waals surface area contributed by atoms with Crippen LogP contribution in [0.3, 0.4) is 0 Å². The average Bonchev–Trinajstić information content (AvgIpc) is 3.59. The molecular formula is C34H44N6O5. The van der Waals surface area contributed by atoms with Crippen molar-refractivity contribution in [3.05, 3.63) is 66.2 Å². The lowest BCUT2D eigenvalue weighted by Gasteiger charge is -2.37. The molecule has 2 aliphatic rings. The van der Waals surface area contributed by atoms with E-state index in [1.807, 2.05) is 49.9 Å². The van der Waals surface area contributed by atoms with Crippen LogP contribution in [0.1, 0.15) is 57.6 Å². The molecule has 1 fully saturated rings. The number of amides is 2. The van der Waals surface area contributed by atoms with E-state index in [4.69, 9.17) is 9.73 Å². The molecule has 3 atom stereocenters. The van der Waals surface area contributed by atoms with Crippen LogP contribution in [0.25, 0.3) is 6.08 Å². The molecule has 240 valence electrons. The first-order valence-corrected chi connectivity index (χ1v) is 15.7. The van der Waals surface area contributed by atoms with Crippen molar-refractivity contribution in [1.82, 2.24) is 15.1 Å². The van der Waals surface area contributed by atoms with Crippen LogP contribution in [0, 0.1) is 0 Å². The van der Waals surface area contributed by atoms with Crippen molar-refractivity contribution in [3.63, 3.8) is 0 Å². The predicted molar refractivity (Wildman–Crippen MR) is 177 cm³/mol. The number of aliphatic carboxylic acids is 1. The van der Waals surface area contributed by atoms with E-state index in [1.165, 1.54) is 0 Å². The molecule has 1 saturated heterocycles. The molecule has 0 saturated carbocycles. The van der Waals surface area contributed by atoms with Crippen LogP contribution in [0.4, 0.5) is 10.5 Å². The number of carboxylic acids is 1. The van der Waals surface area contributed by atoms with E-state index in [0.29, 0.717) is 56.4 Å². The number of aliphatic imine (C=N–C) groups is 2. The molecular weight excluding hydrogens is 572 g/mol. The predicted octanol–water partition coefficient (Wildman–Crippen LogP) is 4.82. The van der Waals surface area contributed by atoms with Crippen LogP contribution in [-0.2, 0) is 16.0 Å². The number of hydrogen-bond acceptors (Lipinski definition) is 8. The molecule has 0 spiro atoms. The van der Waals surface area contributed by atoms with E-state index in [0.717, 1.165) is 24.0 Å². The number of carbonyl (C=O) groups excluding carboxylic acids is 2. The Morgan fingerprint density at radius 3 is 2.31 bits per heavy atom. The first-order valence-electron chi connectivity index (χ1n) is 15.7. The third-order valence-corrected chi connectivity index (χ3v) is 8.01. The smallest absolute Gasteiger partial charge is 0.415 e. The molecule has 2 unspecified atom stereocenters. The monoisotopic (exact) mass is 616 g/mol. The van der Waals surface area contributed by atoms with Gasteiger partial charge >= 0.3 is 12.1 Å². The topological polar surface area (TPSA) is 127 Å². The summed E-state index contributed by atoms with van der Waals surface area (Å²) < 4.78 is 5.50. The summed E-state index contributed by atoms with van der Waals surface area (Å²) in [7, 11) is 0. The zero-order valence-corrected chi connectivity index (χ0v) is 26.4. The molecule has 2 N–H and O–H groups in total. The molecule has 4 rings (SSSR count). The zero-order valence-electron chi connectivity index (χ0n) is 26.4. The van der Waals surface area contributed by atoms with E-state index in [-0.39, 0.29) is 18.4 Å². The number of nitrogens with one attached hydrogen (secondary N) is 1. The highest BCUT2D eigenvalue weighted by molar-refractivity contribution is 6.01. The van der Waals surface area contributed by atoms with E-state index in [2.05, 4.69) is 16.9 Å². The Labute approximate surface area is 265 Å². The highest BCUT2D eigenvalue weighted by atomic mass is 16.6. The summed E-state index contributed by atoms with van der Waals surface area (Å²) in [5.74, 6) is -0.284. The van der Waals surface area contributed by atoms with Crippen molar-refractivity contribution in [2.45, 2.75) is 71.1 Å². The number of nitrogens with zero attached hydrogens (tertiary/aromatic N) is 5. The summed E-state index contributed by atoms with van der Waals surface area (Å²) in [6, 6.07) is 12.6. The lowest BCUT2D eigenvalue weighted by Crippen LogP contribution is -2.58. The van der Waals surface area contributed by atoms with Crippen LogP contribution >= 0.6 is 0 Å². The Kier molecular flexibility index (Phi) is 11.9. The minimum atomic E-state index is -1.05. The Balaban J connectivity index is 1.60. The highest BCUT2D eigenvalue weighted by Crippen LogP contribution is 2.24. The van der Waals surface area contributed by atoms with E-state index >= 15 is 0 Å². The second-order valence-electron chi connectivity index (χ2n) is 11.1. The molecule has 11 heteroatoms. The lowest BCUT2D eigenvalue weighted by atomic mass is 10.0.